The average molecular weight is 237 g/mol. The summed E-state index contributed by atoms with van der Waals surface area (Å²) in [5.41, 5.74) is 1.10. The summed E-state index contributed by atoms with van der Waals surface area (Å²) < 4.78 is 18.2. The monoisotopic (exact) mass is 237 g/mol. The van der Waals surface area contributed by atoms with Crippen LogP contribution in [0.3, 0.4) is 0 Å². The molecule has 1 heterocycles. The molecule has 1 aliphatic heterocycles. The van der Waals surface area contributed by atoms with Gasteiger partial charge in [-0.15, -0.1) is 0 Å². The van der Waals surface area contributed by atoms with Crippen molar-refractivity contribution in [2.24, 2.45) is 0 Å². The molecule has 3 heteroatoms. The lowest BCUT2D eigenvalue weighted by molar-refractivity contribution is 0.141. The summed E-state index contributed by atoms with van der Waals surface area (Å²) in [6.45, 7) is 2.90. The molecule has 0 spiro atoms. The Balaban J connectivity index is 1.93. The van der Waals surface area contributed by atoms with Crippen LogP contribution >= 0.6 is 0 Å². The molecular weight excluding hydrogens is 217 g/mol. The molecule has 94 valence electrons. The van der Waals surface area contributed by atoms with Gasteiger partial charge in [-0.3, -0.25) is 4.90 Å². The van der Waals surface area contributed by atoms with Crippen molar-refractivity contribution in [3.8, 4) is 0 Å². The second-order valence-corrected chi connectivity index (χ2v) is 4.66. The Hall–Kier alpha value is -0.930. The lowest BCUT2D eigenvalue weighted by atomic mass is 10.0. The molecule has 0 N–H and O–H groups in total. The molecule has 0 amide bonds. The van der Waals surface area contributed by atoms with E-state index < -0.39 is 0 Å². The zero-order chi connectivity index (χ0) is 12.1. The van der Waals surface area contributed by atoms with Gasteiger partial charge < -0.3 is 4.74 Å². The fourth-order valence-electron chi connectivity index (χ4n) is 2.57. The van der Waals surface area contributed by atoms with Gasteiger partial charge in [0.15, 0.2) is 0 Å². The van der Waals surface area contributed by atoms with Gasteiger partial charge in [0.1, 0.15) is 5.82 Å². The molecule has 1 fully saturated rings. The average Bonchev–Trinajstić information content (AvgIpc) is 2.74. The van der Waals surface area contributed by atoms with Crippen LogP contribution in [0.2, 0.25) is 0 Å². The molecule has 1 unspecified atom stereocenters. The first-order valence-corrected chi connectivity index (χ1v) is 6.27. The lowest BCUT2D eigenvalue weighted by Gasteiger charge is -2.24. The molecule has 0 radical (unpaired) electrons. The summed E-state index contributed by atoms with van der Waals surface area (Å²) in [5.74, 6) is -0.135. The van der Waals surface area contributed by atoms with E-state index in [1.54, 1.807) is 19.2 Å². The van der Waals surface area contributed by atoms with E-state index in [0.717, 1.165) is 31.7 Å². The normalized spacial score (nSPS) is 20.9. The van der Waals surface area contributed by atoms with E-state index >= 15 is 0 Å². The maximum absolute atomic E-state index is 13.1. The van der Waals surface area contributed by atoms with Crippen molar-refractivity contribution < 1.29 is 9.13 Å². The van der Waals surface area contributed by atoms with Crippen LogP contribution in [0.15, 0.2) is 24.3 Å². The second-order valence-electron chi connectivity index (χ2n) is 4.66. The number of benzene rings is 1. The number of methoxy groups -OCH3 is 1. The predicted octanol–water partition coefficient (Wildman–Crippen LogP) is 2.48. The predicted molar refractivity (Wildman–Crippen MR) is 66.6 cm³/mol. The Labute approximate surface area is 102 Å². The molecule has 1 aromatic carbocycles. The number of hydrogen-bond donors (Lipinski definition) is 0. The van der Waals surface area contributed by atoms with Crippen LogP contribution in [-0.2, 0) is 11.2 Å². The molecule has 17 heavy (non-hydrogen) atoms. The summed E-state index contributed by atoms with van der Waals surface area (Å²) in [4.78, 5) is 2.45. The highest BCUT2D eigenvalue weighted by molar-refractivity contribution is 5.17. The van der Waals surface area contributed by atoms with Crippen LogP contribution < -0.4 is 0 Å². The van der Waals surface area contributed by atoms with Gasteiger partial charge in [-0.2, -0.15) is 0 Å². The van der Waals surface area contributed by atoms with E-state index in [-0.39, 0.29) is 5.82 Å². The zero-order valence-corrected chi connectivity index (χ0v) is 10.4. The van der Waals surface area contributed by atoms with Crippen molar-refractivity contribution in [1.82, 2.24) is 4.90 Å². The Bertz CT molecular complexity index is 356. The zero-order valence-electron chi connectivity index (χ0n) is 10.4. The minimum atomic E-state index is -0.135. The van der Waals surface area contributed by atoms with Crippen LogP contribution in [0.1, 0.15) is 18.4 Å². The number of likely N-dealkylation sites (tertiary alicyclic amines) is 1. The van der Waals surface area contributed by atoms with Gasteiger partial charge in [0, 0.05) is 19.7 Å². The smallest absolute Gasteiger partial charge is 0.123 e. The van der Waals surface area contributed by atoms with Gasteiger partial charge in [0.05, 0.1) is 6.61 Å². The molecule has 0 saturated carbocycles. The molecule has 1 atom stereocenters. The molecule has 1 saturated heterocycles. The van der Waals surface area contributed by atoms with Crippen LogP contribution in [-0.4, -0.2) is 37.7 Å². The fourth-order valence-corrected chi connectivity index (χ4v) is 2.57. The topological polar surface area (TPSA) is 12.5 Å². The van der Waals surface area contributed by atoms with Crippen molar-refractivity contribution in [1.29, 1.82) is 0 Å². The second kappa shape index (κ2) is 6.12. The number of ether oxygens (including phenoxy) is 1. The Kier molecular flexibility index (Phi) is 4.51. The number of halogens is 1. The molecule has 2 nitrogen and oxygen atoms in total. The highest BCUT2D eigenvalue weighted by atomic mass is 19.1. The maximum atomic E-state index is 13.1. The van der Waals surface area contributed by atoms with Crippen molar-refractivity contribution in [2.75, 3.05) is 26.8 Å². The highest BCUT2D eigenvalue weighted by Crippen LogP contribution is 2.21. The van der Waals surface area contributed by atoms with E-state index in [4.69, 9.17) is 4.74 Å². The van der Waals surface area contributed by atoms with Gasteiger partial charge >= 0.3 is 0 Å². The first-order chi connectivity index (χ1) is 8.29. The first kappa shape index (κ1) is 12.5. The quantitative estimate of drug-likeness (QED) is 0.780. The summed E-state index contributed by atoms with van der Waals surface area (Å²) in [7, 11) is 1.73. The number of hydrogen-bond acceptors (Lipinski definition) is 2. The minimum Gasteiger partial charge on any atom is -0.383 e. The third-order valence-corrected chi connectivity index (χ3v) is 3.44. The van der Waals surface area contributed by atoms with Crippen molar-refractivity contribution in [3.05, 3.63) is 35.6 Å². The summed E-state index contributed by atoms with van der Waals surface area (Å²) in [6, 6.07) is 7.50. The minimum absolute atomic E-state index is 0.135. The lowest BCUT2D eigenvalue weighted by Crippen LogP contribution is -2.33. The van der Waals surface area contributed by atoms with Gasteiger partial charge in [-0.25, -0.2) is 4.39 Å². The van der Waals surface area contributed by atoms with Gasteiger partial charge in [-0.1, -0.05) is 12.1 Å². The fraction of sp³-hybridized carbons (Fsp3) is 0.571. The number of nitrogens with zero attached hydrogens (tertiary/aromatic N) is 1. The standard InChI is InChI=1S/C14H20FNO/c1-17-9-8-16-7-3-6-14(16)11-12-4-2-5-13(15)10-12/h2,4-5,10,14H,3,6-9,11H2,1H3. The highest BCUT2D eigenvalue weighted by Gasteiger charge is 2.24. The summed E-state index contributed by atoms with van der Waals surface area (Å²) >= 11 is 0. The molecule has 1 aromatic rings. The Morgan fingerprint density at radius 1 is 1.47 bits per heavy atom. The first-order valence-electron chi connectivity index (χ1n) is 6.27. The van der Waals surface area contributed by atoms with Crippen molar-refractivity contribution in [3.63, 3.8) is 0 Å². The third kappa shape index (κ3) is 3.51. The van der Waals surface area contributed by atoms with E-state index in [2.05, 4.69) is 4.90 Å². The van der Waals surface area contributed by atoms with Crippen LogP contribution in [0, 0.1) is 5.82 Å². The molecule has 0 aromatic heterocycles. The molecule has 0 aliphatic carbocycles. The van der Waals surface area contributed by atoms with E-state index in [1.807, 2.05) is 6.07 Å². The Morgan fingerprint density at radius 2 is 2.35 bits per heavy atom. The van der Waals surface area contributed by atoms with Crippen molar-refractivity contribution >= 4 is 0 Å². The van der Waals surface area contributed by atoms with E-state index in [1.165, 1.54) is 18.9 Å². The van der Waals surface area contributed by atoms with E-state index in [0.29, 0.717) is 6.04 Å². The summed E-state index contributed by atoms with van der Waals surface area (Å²) in [6.07, 6.45) is 3.39. The van der Waals surface area contributed by atoms with E-state index in [9.17, 15) is 4.39 Å². The SMILES string of the molecule is COCCN1CCCC1Cc1cccc(F)c1. The van der Waals surface area contributed by atoms with Crippen LogP contribution in [0.5, 0.6) is 0 Å². The van der Waals surface area contributed by atoms with Gasteiger partial charge in [-0.05, 0) is 43.5 Å². The van der Waals surface area contributed by atoms with Gasteiger partial charge in [0.2, 0.25) is 0 Å². The Morgan fingerprint density at radius 3 is 3.12 bits per heavy atom. The molecule has 1 aliphatic rings. The van der Waals surface area contributed by atoms with Gasteiger partial charge in [0.25, 0.3) is 0 Å². The summed E-state index contributed by atoms with van der Waals surface area (Å²) in [5, 5.41) is 0. The molecular formula is C14H20FNO. The third-order valence-electron chi connectivity index (χ3n) is 3.44. The largest absolute Gasteiger partial charge is 0.383 e. The van der Waals surface area contributed by atoms with Crippen LogP contribution in [0.25, 0.3) is 0 Å². The van der Waals surface area contributed by atoms with Crippen LogP contribution in [0.4, 0.5) is 4.39 Å². The maximum Gasteiger partial charge on any atom is 0.123 e. The molecule has 0 bridgehead atoms. The molecule has 2 rings (SSSR count). The van der Waals surface area contributed by atoms with Crippen molar-refractivity contribution in [2.45, 2.75) is 25.3 Å². The number of rotatable bonds is 5.